The second-order valence-corrected chi connectivity index (χ2v) is 5.93. The van der Waals surface area contributed by atoms with E-state index in [9.17, 15) is 8.42 Å². The summed E-state index contributed by atoms with van der Waals surface area (Å²) in [7, 11) is -3.27. The summed E-state index contributed by atoms with van der Waals surface area (Å²) in [4.78, 5) is 5.85. The molecule has 4 nitrogen and oxygen atoms in total. The van der Waals surface area contributed by atoms with Crippen molar-refractivity contribution in [2.45, 2.75) is 19.3 Å². The van der Waals surface area contributed by atoms with Crippen LogP contribution in [0.1, 0.15) is 19.3 Å². The van der Waals surface area contributed by atoms with E-state index in [1.165, 1.54) is 6.42 Å². The Hall–Kier alpha value is -0.360. The Kier molecular flexibility index (Phi) is 2.66. The topological polar surface area (TPSA) is 49.7 Å². The van der Waals surface area contributed by atoms with Crippen LogP contribution in [0.15, 0.2) is 15.0 Å². The molecule has 2 aliphatic rings. The van der Waals surface area contributed by atoms with Gasteiger partial charge in [-0.15, -0.1) is 0 Å². The third kappa shape index (κ3) is 1.86. The van der Waals surface area contributed by atoms with Crippen LogP contribution in [0.2, 0.25) is 0 Å². The highest BCUT2D eigenvalue weighted by atomic mass is 79.9. The summed E-state index contributed by atoms with van der Waals surface area (Å²) < 4.78 is 23.6. The molecule has 0 amide bonds. The molecule has 0 atom stereocenters. The average Bonchev–Trinajstić information content (AvgIpc) is 2.41. The standard InChI is InChI=1S/C8H11BrN2O2S/c9-7-6-14(12,13)8(10-7)11-4-2-1-3-5-11/h6H,1-5H2. The Balaban J connectivity index is 2.24. The molecule has 0 aromatic carbocycles. The van der Waals surface area contributed by atoms with Gasteiger partial charge in [0.1, 0.15) is 4.61 Å². The summed E-state index contributed by atoms with van der Waals surface area (Å²) in [6.07, 6.45) is 3.27. The van der Waals surface area contributed by atoms with Gasteiger partial charge in [-0.3, -0.25) is 0 Å². The lowest BCUT2D eigenvalue weighted by atomic mass is 10.1. The van der Waals surface area contributed by atoms with E-state index >= 15 is 0 Å². The Morgan fingerprint density at radius 3 is 2.43 bits per heavy atom. The second kappa shape index (κ2) is 3.66. The molecule has 0 N–H and O–H groups in total. The first-order valence-electron chi connectivity index (χ1n) is 4.55. The van der Waals surface area contributed by atoms with Crippen LogP contribution < -0.4 is 0 Å². The molecule has 6 heteroatoms. The van der Waals surface area contributed by atoms with Crippen molar-refractivity contribution in [2.24, 2.45) is 4.99 Å². The molecule has 2 heterocycles. The van der Waals surface area contributed by atoms with E-state index in [1.54, 1.807) is 0 Å². The third-order valence-electron chi connectivity index (χ3n) is 2.34. The minimum atomic E-state index is -3.27. The van der Waals surface area contributed by atoms with Gasteiger partial charge in [0.2, 0.25) is 15.0 Å². The van der Waals surface area contributed by atoms with Gasteiger partial charge in [0, 0.05) is 13.1 Å². The lowest BCUT2D eigenvalue weighted by Crippen LogP contribution is -2.38. The van der Waals surface area contributed by atoms with Crippen molar-refractivity contribution in [3.8, 4) is 0 Å². The van der Waals surface area contributed by atoms with Crippen LogP contribution >= 0.6 is 15.9 Å². The molecule has 0 saturated carbocycles. The largest absolute Gasteiger partial charge is 0.347 e. The SMILES string of the molecule is O=S1(=O)C=C(Br)N=C1N1CCCCC1. The first kappa shape index (κ1) is 10.2. The number of amidine groups is 1. The van der Waals surface area contributed by atoms with E-state index in [0.29, 0.717) is 4.61 Å². The molecule has 0 radical (unpaired) electrons. The highest BCUT2D eigenvalue weighted by molar-refractivity contribution is 9.11. The van der Waals surface area contributed by atoms with Crippen molar-refractivity contribution in [1.29, 1.82) is 0 Å². The van der Waals surface area contributed by atoms with Gasteiger partial charge in [0.05, 0.1) is 5.41 Å². The van der Waals surface area contributed by atoms with E-state index in [0.717, 1.165) is 31.3 Å². The van der Waals surface area contributed by atoms with Gasteiger partial charge in [0.15, 0.2) is 0 Å². The van der Waals surface area contributed by atoms with Crippen LogP contribution in [0.5, 0.6) is 0 Å². The molecule has 0 spiro atoms. The number of hydrogen-bond donors (Lipinski definition) is 0. The zero-order valence-electron chi connectivity index (χ0n) is 7.61. The van der Waals surface area contributed by atoms with E-state index < -0.39 is 9.84 Å². The second-order valence-electron chi connectivity index (χ2n) is 3.43. The summed E-state index contributed by atoms with van der Waals surface area (Å²) in [5.74, 6) is 0. The zero-order chi connectivity index (χ0) is 10.2. The predicted octanol–water partition coefficient (Wildman–Crippen LogP) is 1.45. The minimum absolute atomic E-state index is 0.212. The Morgan fingerprint density at radius 2 is 1.93 bits per heavy atom. The number of hydrogen-bond acceptors (Lipinski definition) is 4. The molecule has 1 fully saturated rings. The molecule has 14 heavy (non-hydrogen) atoms. The number of piperidine rings is 1. The van der Waals surface area contributed by atoms with Crippen molar-refractivity contribution in [3.63, 3.8) is 0 Å². The first-order valence-corrected chi connectivity index (χ1v) is 6.89. The normalized spacial score (nSPS) is 25.9. The first-order chi connectivity index (χ1) is 6.59. The summed E-state index contributed by atoms with van der Waals surface area (Å²) in [5.41, 5.74) is 0. The quantitative estimate of drug-likeness (QED) is 0.631. The number of nitrogens with zero attached hydrogens (tertiary/aromatic N) is 2. The maximum absolute atomic E-state index is 11.6. The predicted molar refractivity (Wildman–Crippen MR) is 58.8 cm³/mol. The van der Waals surface area contributed by atoms with E-state index in [1.807, 2.05) is 4.90 Å². The van der Waals surface area contributed by atoms with Crippen LogP contribution in [0.25, 0.3) is 0 Å². The highest BCUT2D eigenvalue weighted by Crippen LogP contribution is 2.23. The smallest absolute Gasteiger partial charge is 0.235 e. The van der Waals surface area contributed by atoms with Gasteiger partial charge in [-0.1, -0.05) is 0 Å². The summed E-state index contributed by atoms with van der Waals surface area (Å²) in [6, 6.07) is 0. The van der Waals surface area contributed by atoms with Gasteiger partial charge in [-0.2, -0.15) is 0 Å². The van der Waals surface area contributed by atoms with Gasteiger partial charge >= 0.3 is 0 Å². The molecular formula is C8H11BrN2O2S. The summed E-state index contributed by atoms with van der Waals surface area (Å²) in [6.45, 7) is 1.60. The summed E-state index contributed by atoms with van der Waals surface area (Å²) >= 11 is 3.09. The number of sulfone groups is 1. The van der Waals surface area contributed by atoms with E-state index in [-0.39, 0.29) is 5.17 Å². The Morgan fingerprint density at radius 1 is 1.29 bits per heavy atom. The molecule has 0 aliphatic carbocycles. The third-order valence-corrected chi connectivity index (χ3v) is 4.44. The molecular weight excluding hydrogens is 268 g/mol. The van der Waals surface area contributed by atoms with Gasteiger partial charge in [-0.05, 0) is 35.2 Å². The fourth-order valence-corrected chi connectivity index (χ4v) is 3.90. The van der Waals surface area contributed by atoms with Crippen molar-refractivity contribution < 1.29 is 8.42 Å². The Bertz CT molecular complexity index is 394. The van der Waals surface area contributed by atoms with Crippen LogP contribution in [-0.2, 0) is 9.84 Å². The van der Waals surface area contributed by atoms with Gasteiger partial charge in [-0.25, -0.2) is 13.4 Å². The van der Waals surface area contributed by atoms with Crippen LogP contribution in [0.4, 0.5) is 0 Å². The van der Waals surface area contributed by atoms with Crippen LogP contribution in [0, 0.1) is 0 Å². The van der Waals surface area contributed by atoms with E-state index in [2.05, 4.69) is 20.9 Å². The Labute approximate surface area is 91.7 Å². The maximum Gasteiger partial charge on any atom is 0.235 e. The molecule has 2 aliphatic heterocycles. The lowest BCUT2D eigenvalue weighted by molar-refractivity contribution is 0.346. The zero-order valence-corrected chi connectivity index (χ0v) is 10.0. The van der Waals surface area contributed by atoms with Crippen molar-refractivity contribution in [1.82, 2.24) is 4.90 Å². The van der Waals surface area contributed by atoms with Gasteiger partial charge in [0.25, 0.3) is 0 Å². The van der Waals surface area contributed by atoms with Crippen molar-refractivity contribution >= 4 is 30.9 Å². The lowest BCUT2D eigenvalue weighted by Gasteiger charge is -2.27. The molecule has 0 bridgehead atoms. The molecule has 78 valence electrons. The van der Waals surface area contributed by atoms with Crippen LogP contribution in [0.3, 0.4) is 0 Å². The molecule has 0 unspecified atom stereocenters. The minimum Gasteiger partial charge on any atom is -0.347 e. The molecule has 2 rings (SSSR count). The van der Waals surface area contributed by atoms with Crippen molar-refractivity contribution in [2.75, 3.05) is 13.1 Å². The number of aliphatic imine (C=N–C) groups is 1. The number of halogens is 1. The number of rotatable bonds is 0. The molecule has 0 aromatic rings. The number of likely N-dealkylation sites (tertiary alicyclic amines) is 1. The average molecular weight is 279 g/mol. The van der Waals surface area contributed by atoms with Crippen LogP contribution in [-0.4, -0.2) is 31.6 Å². The fraction of sp³-hybridized carbons (Fsp3) is 0.625. The highest BCUT2D eigenvalue weighted by Gasteiger charge is 2.29. The van der Waals surface area contributed by atoms with Crippen molar-refractivity contribution in [3.05, 3.63) is 10.0 Å². The molecule has 1 saturated heterocycles. The molecule has 0 aromatic heterocycles. The summed E-state index contributed by atoms with van der Waals surface area (Å²) in [5, 5.41) is 1.38. The fourth-order valence-electron chi connectivity index (χ4n) is 1.70. The maximum atomic E-state index is 11.6. The monoisotopic (exact) mass is 278 g/mol. The van der Waals surface area contributed by atoms with Gasteiger partial charge < -0.3 is 4.90 Å². The van der Waals surface area contributed by atoms with E-state index in [4.69, 9.17) is 0 Å².